The molecule has 1 fully saturated rings. The van der Waals surface area contributed by atoms with E-state index in [4.69, 9.17) is 4.84 Å². The van der Waals surface area contributed by atoms with Crippen molar-refractivity contribution in [2.24, 2.45) is 0 Å². The smallest absolute Gasteiger partial charge is 0.336 e. The van der Waals surface area contributed by atoms with E-state index in [-0.39, 0.29) is 29.7 Å². The van der Waals surface area contributed by atoms with Crippen LogP contribution in [-0.4, -0.2) is 55.1 Å². The summed E-state index contributed by atoms with van der Waals surface area (Å²) in [6, 6.07) is -0.104. The summed E-state index contributed by atoms with van der Waals surface area (Å²) in [5.74, 6) is 0. The van der Waals surface area contributed by atoms with Crippen molar-refractivity contribution in [1.29, 1.82) is 0 Å². The van der Waals surface area contributed by atoms with Crippen LogP contribution in [0.4, 0.5) is 4.79 Å². The molecule has 1 saturated heterocycles. The molecule has 0 saturated carbocycles. The van der Waals surface area contributed by atoms with Gasteiger partial charge in [0, 0.05) is 43.3 Å². The van der Waals surface area contributed by atoms with Crippen LogP contribution in [-0.2, 0) is 24.5 Å². The van der Waals surface area contributed by atoms with E-state index in [9.17, 15) is 19.2 Å². The van der Waals surface area contributed by atoms with Crippen LogP contribution >= 0.6 is 0 Å². The van der Waals surface area contributed by atoms with Gasteiger partial charge < -0.3 is 10.6 Å². The molecule has 2 amide bonds. The minimum Gasteiger partial charge on any atom is -0.338 e. The number of aromatic nitrogens is 3. The predicted molar refractivity (Wildman–Crippen MR) is 223 cm³/mol. The predicted octanol–water partition coefficient (Wildman–Crippen LogP) is 8.62. The number of carbonyl (C=O) groups excluding carboxylic acids is 1. The summed E-state index contributed by atoms with van der Waals surface area (Å²) in [6.45, 7) is 20.7. The molecular weight excluding hydrogens is 681 g/mol. The second-order valence-corrected chi connectivity index (χ2v) is 16.7. The van der Waals surface area contributed by atoms with Crippen LogP contribution in [0.25, 0.3) is 0 Å². The van der Waals surface area contributed by atoms with Crippen LogP contribution in [0.15, 0.2) is 39.7 Å². The Hall–Kier alpha value is -2.92. The number of piperidine rings is 1. The molecule has 1 aromatic heterocycles. The van der Waals surface area contributed by atoms with Gasteiger partial charge in [0.25, 0.3) is 0 Å². The molecule has 310 valence electrons. The number of hydrogen-bond acceptors (Lipinski definition) is 6. The molecule has 2 N–H and O–H groups in total. The first-order valence-corrected chi connectivity index (χ1v) is 21.5. The summed E-state index contributed by atoms with van der Waals surface area (Å²) < 4.78 is 3.80. The summed E-state index contributed by atoms with van der Waals surface area (Å²) in [5.41, 5.74) is -1.91. The highest BCUT2D eigenvalue weighted by atomic mass is 16.7. The van der Waals surface area contributed by atoms with Crippen molar-refractivity contribution in [1.82, 2.24) is 29.4 Å². The largest absolute Gasteiger partial charge is 0.338 e. The fourth-order valence-corrected chi connectivity index (χ4v) is 8.02. The molecule has 0 spiro atoms. The van der Waals surface area contributed by atoms with E-state index in [0.717, 1.165) is 109 Å². The molecule has 1 aromatic rings. The van der Waals surface area contributed by atoms with Crippen molar-refractivity contribution < 1.29 is 9.63 Å². The third-order valence-corrected chi connectivity index (χ3v) is 10.7. The average Bonchev–Trinajstić information content (AvgIpc) is 3.11. The number of hydrogen-bond donors (Lipinski definition) is 2. The number of hydroxylamine groups is 2. The minimum absolute atomic E-state index is 0.0454. The molecule has 0 unspecified atom stereocenters. The molecular formula is C43H78N6O5. The van der Waals surface area contributed by atoms with Crippen molar-refractivity contribution in [3.63, 3.8) is 0 Å². The van der Waals surface area contributed by atoms with E-state index < -0.39 is 17.1 Å². The zero-order valence-electron chi connectivity index (χ0n) is 35.1. The van der Waals surface area contributed by atoms with E-state index in [0.29, 0.717) is 26.1 Å². The van der Waals surface area contributed by atoms with Crippen molar-refractivity contribution in [3.05, 3.63) is 56.8 Å². The quantitative estimate of drug-likeness (QED) is 0.0599. The highest BCUT2D eigenvalue weighted by Crippen LogP contribution is 2.38. The SMILES string of the molecule is C=CCCCCCCn1c(=O)n(CCCCCCC=C)c(=O)n(CCCCCCNC(=O)NC2CC(C)(C)N(OCCCCCCCC)C(C)(C)C2)c1=O. The zero-order valence-corrected chi connectivity index (χ0v) is 35.1. The number of carbonyl (C=O) groups is 1. The van der Waals surface area contributed by atoms with E-state index in [1.807, 2.05) is 12.2 Å². The summed E-state index contributed by atoms with van der Waals surface area (Å²) >= 11 is 0. The molecule has 0 aliphatic carbocycles. The second kappa shape index (κ2) is 26.0. The van der Waals surface area contributed by atoms with Gasteiger partial charge in [0.2, 0.25) is 0 Å². The Morgan fingerprint density at radius 2 is 1.06 bits per heavy atom. The number of urea groups is 1. The molecule has 0 radical (unpaired) electrons. The molecule has 0 atom stereocenters. The van der Waals surface area contributed by atoms with Gasteiger partial charge in [-0.25, -0.2) is 32.9 Å². The van der Waals surface area contributed by atoms with E-state index in [2.05, 4.69) is 63.5 Å². The second-order valence-electron chi connectivity index (χ2n) is 16.7. The molecule has 2 heterocycles. The molecule has 1 aliphatic heterocycles. The van der Waals surface area contributed by atoms with Gasteiger partial charge in [0.05, 0.1) is 6.61 Å². The molecule has 11 nitrogen and oxygen atoms in total. The lowest BCUT2D eigenvalue weighted by Crippen LogP contribution is -2.64. The van der Waals surface area contributed by atoms with Crippen molar-refractivity contribution in [2.75, 3.05) is 13.2 Å². The standard InChI is InChI=1S/C43H78N6O5/c1-8-11-14-17-21-26-31-46-39(51)47(32-27-22-18-15-12-9-2)41(53)48(40(46)52)33-28-23-20-25-30-44-38(50)45-37-35-42(4,5)49(43(6,7)36-37)54-34-29-24-19-16-13-10-3/h8-9,37H,1-2,10-36H2,3-7H3,(H2,44,45,50). The van der Waals surface area contributed by atoms with Crippen molar-refractivity contribution >= 4 is 6.03 Å². The Kier molecular flexibility index (Phi) is 22.8. The first-order valence-electron chi connectivity index (χ1n) is 21.5. The first kappa shape index (κ1) is 47.2. The van der Waals surface area contributed by atoms with Crippen LogP contribution in [0, 0.1) is 0 Å². The van der Waals surface area contributed by atoms with Gasteiger partial charge >= 0.3 is 23.1 Å². The molecule has 11 heteroatoms. The van der Waals surface area contributed by atoms with Crippen LogP contribution < -0.4 is 27.7 Å². The average molecular weight is 759 g/mol. The fraction of sp³-hybridized carbons (Fsp3) is 0.814. The maximum absolute atomic E-state index is 13.4. The first-order chi connectivity index (χ1) is 25.9. The number of allylic oxidation sites excluding steroid dienone is 2. The number of rotatable bonds is 30. The van der Waals surface area contributed by atoms with Gasteiger partial charge in [-0.3, -0.25) is 4.84 Å². The molecule has 0 bridgehead atoms. The summed E-state index contributed by atoms with van der Waals surface area (Å²) in [5, 5.41) is 8.40. The normalized spacial score (nSPS) is 15.6. The van der Waals surface area contributed by atoms with E-state index >= 15 is 0 Å². The van der Waals surface area contributed by atoms with E-state index in [1.54, 1.807) is 0 Å². The van der Waals surface area contributed by atoms with Crippen LogP contribution in [0.5, 0.6) is 0 Å². The van der Waals surface area contributed by atoms with Gasteiger partial charge in [-0.1, -0.05) is 89.7 Å². The number of amides is 2. The summed E-state index contributed by atoms with van der Waals surface area (Å²) in [6.07, 6.45) is 25.2. The summed E-state index contributed by atoms with van der Waals surface area (Å²) in [4.78, 5) is 59.4. The highest BCUT2D eigenvalue weighted by Gasteiger charge is 2.46. The lowest BCUT2D eigenvalue weighted by molar-refractivity contribution is -0.284. The van der Waals surface area contributed by atoms with E-state index in [1.165, 1.54) is 45.8 Å². The Balaban J connectivity index is 1.84. The van der Waals surface area contributed by atoms with Crippen molar-refractivity contribution in [2.45, 2.75) is 213 Å². The Labute approximate surface area is 327 Å². The maximum Gasteiger partial charge on any atom is 0.336 e. The highest BCUT2D eigenvalue weighted by molar-refractivity contribution is 5.74. The number of nitrogens with zero attached hydrogens (tertiary/aromatic N) is 4. The van der Waals surface area contributed by atoms with Crippen molar-refractivity contribution in [3.8, 4) is 0 Å². The third-order valence-electron chi connectivity index (χ3n) is 10.7. The monoisotopic (exact) mass is 759 g/mol. The van der Waals surface area contributed by atoms with Gasteiger partial charge in [-0.2, -0.15) is 5.06 Å². The lowest BCUT2D eigenvalue weighted by Gasteiger charge is -2.53. The fourth-order valence-electron chi connectivity index (χ4n) is 8.02. The van der Waals surface area contributed by atoms with Gasteiger partial charge in [-0.15, -0.1) is 13.2 Å². The zero-order chi connectivity index (χ0) is 39.8. The molecule has 2 rings (SSSR count). The molecule has 1 aliphatic rings. The maximum atomic E-state index is 13.4. The van der Waals surface area contributed by atoms with Crippen LogP contribution in [0.2, 0.25) is 0 Å². The van der Waals surface area contributed by atoms with Gasteiger partial charge in [0.15, 0.2) is 0 Å². The lowest BCUT2D eigenvalue weighted by atomic mass is 9.79. The third kappa shape index (κ3) is 16.8. The Bertz CT molecular complexity index is 1330. The number of unbranched alkanes of at least 4 members (excludes halogenated alkanes) is 16. The minimum atomic E-state index is -0.502. The van der Waals surface area contributed by atoms with Crippen LogP contribution in [0.1, 0.15) is 176 Å². The van der Waals surface area contributed by atoms with Crippen LogP contribution in [0.3, 0.4) is 0 Å². The van der Waals surface area contributed by atoms with Gasteiger partial charge in [-0.05, 0) is 98.3 Å². The topological polar surface area (TPSA) is 120 Å². The Morgan fingerprint density at radius 1 is 0.648 bits per heavy atom. The summed E-state index contributed by atoms with van der Waals surface area (Å²) in [7, 11) is 0. The molecule has 54 heavy (non-hydrogen) atoms. The van der Waals surface area contributed by atoms with Gasteiger partial charge in [0.1, 0.15) is 0 Å². The Morgan fingerprint density at radius 3 is 1.52 bits per heavy atom. The molecule has 0 aromatic carbocycles. The number of nitrogens with one attached hydrogen (secondary N) is 2.